The number of nitriles is 1. The highest BCUT2D eigenvalue weighted by Gasteiger charge is 2.23. The number of benzene rings is 6. The topological polar surface area (TPSA) is 68.0 Å². The van der Waals surface area contributed by atoms with Crippen molar-refractivity contribution in [2.45, 2.75) is 0 Å². The Balaban J connectivity index is 1.31. The number of hydrogen-bond acceptors (Lipinski definition) is 5. The minimum Gasteiger partial charge on any atom is -0.449 e. The van der Waals surface area contributed by atoms with Crippen LogP contribution < -0.4 is 9.47 Å². The molecule has 0 spiro atoms. The SMILES string of the molecule is N#Cc1ccc(-c2cc3c(cc2-c2cc(-c4ccc(-c5ccccc5)cc4)nc(-c4ccccc4)n2)Oc2ccccc2O3)cc1. The smallest absolute Gasteiger partial charge is 0.170 e. The summed E-state index contributed by atoms with van der Waals surface area (Å²) in [4.78, 5) is 10.2. The summed E-state index contributed by atoms with van der Waals surface area (Å²) in [6.45, 7) is 0. The molecule has 0 radical (unpaired) electrons. The van der Waals surface area contributed by atoms with Crippen LogP contribution in [0.5, 0.6) is 23.0 Å². The van der Waals surface area contributed by atoms with E-state index in [0.29, 0.717) is 34.4 Å². The molecular weight excluding hydrogens is 566 g/mol. The minimum absolute atomic E-state index is 0.589. The van der Waals surface area contributed by atoms with E-state index in [1.54, 1.807) is 0 Å². The van der Waals surface area contributed by atoms with Gasteiger partial charge in [0.05, 0.1) is 23.0 Å². The third-order valence-electron chi connectivity index (χ3n) is 8.02. The van der Waals surface area contributed by atoms with Gasteiger partial charge >= 0.3 is 0 Å². The van der Waals surface area contributed by atoms with Gasteiger partial charge in [0.1, 0.15) is 0 Å². The number of rotatable bonds is 5. The summed E-state index contributed by atoms with van der Waals surface area (Å²) in [7, 11) is 0. The fourth-order valence-electron chi connectivity index (χ4n) is 5.66. The van der Waals surface area contributed by atoms with E-state index >= 15 is 0 Å². The van der Waals surface area contributed by atoms with Crippen LogP contribution in [0.25, 0.3) is 56.2 Å². The summed E-state index contributed by atoms with van der Waals surface area (Å²) < 4.78 is 12.6. The standard InChI is InChI=1S/C41H25N3O2/c42-26-27-15-17-30(18-16-27)33-23-39-40(46-38-14-8-7-13-37(38)45-39)24-34(33)36-25-35(43-41(44-36)32-11-5-2-6-12-32)31-21-19-29(20-22-31)28-9-3-1-4-10-28/h1-25H. The Morgan fingerprint density at radius 3 is 1.54 bits per heavy atom. The molecule has 5 nitrogen and oxygen atoms in total. The summed E-state index contributed by atoms with van der Waals surface area (Å²) >= 11 is 0. The van der Waals surface area contributed by atoms with Crippen molar-refractivity contribution in [3.05, 3.63) is 157 Å². The van der Waals surface area contributed by atoms with Gasteiger partial charge in [0.25, 0.3) is 0 Å². The van der Waals surface area contributed by atoms with Crippen molar-refractivity contribution in [1.82, 2.24) is 9.97 Å². The fourth-order valence-corrected chi connectivity index (χ4v) is 5.66. The first-order valence-corrected chi connectivity index (χ1v) is 15.0. The zero-order valence-electron chi connectivity index (χ0n) is 24.6. The molecule has 0 saturated carbocycles. The van der Waals surface area contributed by atoms with E-state index in [2.05, 4.69) is 42.5 Å². The second kappa shape index (κ2) is 11.5. The van der Waals surface area contributed by atoms with E-state index in [4.69, 9.17) is 19.4 Å². The van der Waals surface area contributed by atoms with Crippen LogP contribution in [0.3, 0.4) is 0 Å². The van der Waals surface area contributed by atoms with Crippen molar-refractivity contribution in [1.29, 1.82) is 5.26 Å². The molecule has 0 aliphatic carbocycles. The van der Waals surface area contributed by atoms with Gasteiger partial charge in [0.15, 0.2) is 28.8 Å². The normalized spacial score (nSPS) is 11.4. The highest BCUT2D eigenvalue weighted by atomic mass is 16.6. The largest absolute Gasteiger partial charge is 0.449 e. The monoisotopic (exact) mass is 591 g/mol. The first-order valence-electron chi connectivity index (χ1n) is 15.0. The Labute approximate surface area is 266 Å². The lowest BCUT2D eigenvalue weighted by atomic mass is 9.94. The molecule has 1 aromatic heterocycles. The molecule has 8 rings (SSSR count). The number of aromatic nitrogens is 2. The average Bonchev–Trinajstić information content (AvgIpc) is 3.14. The van der Waals surface area contributed by atoms with Crippen molar-refractivity contribution in [3.8, 4) is 85.2 Å². The molecule has 0 unspecified atom stereocenters. The lowest BCUT2D eigenvalue weighted by Gasteiger charge is -2.23. The molecule has 5 heteroatoms. The molecule has 0 amide bonds. The van der Waals surface area contributed by atoms with Gasteiger partial charge in [0.2, 0.25) is 0 Å². The number of hydrogen-bond donors (Lipinski definition) is 0. The Hall–Kier alpha value is -6.51. The molecule has 0 saturated heterocycles. The first kappa shape index (κ1) is 27.1. The summed E-state index contributed by atoms with van der Waals surface area (Å²) in [5, 5.41) is 9.44. The average molecular weight is 592 g/mol. The van der Waals surface area contributed by atoms with Gasteiger partial charge in [-0.05, 0) is 64.7 Å². The second-order valence-corrected chi connectivity index (χ2v) is 11.0. The number of nitrogens with zero attached hydrogens (tertiary/aromatic N) is 3. The maximum atomic E-state index is 9.44. The van der Waals surface area contributed by atoms with Crippen molar-refractivity contribution in [2.24, 2.45) is 0 Å². The van der Waals surface area contributed by atoms with E-state index in [0.717, 1.165) is 50.3 Å². The predicted octanol–water partition coefficient (Wildman–Crippen LogP) is 10.6. The van der Waals surface area contributed by atoms with Gasteiger partial charge in [-0.2, -0.15) is 5.26 Å². The molecular formula is C41H25N3O2. The molecule has 0 fully saturated rings. The third kappa shape index (κ3) is 5.15. The minimum atomic E-state index is 0.589. The first-order chi connectivity index (χ1) is 22.7. The van der Waals surface area contributed by atoms with Crippen molar-refractivity contribution >= 4 is 0 Å². The lowest BCUT2D eigenvalue weighted by Crippen LogP contribution is -2.01. The zero-order valence-corrected chi connectivity index (χ0v) is 24.6. The predicted molar refractivity (Wildman–Crippen MR) is 181 cm³/mol. The second-order valence-electron chi connectivity index (χ2n) is 11.0. The van der Waals surface area contributed by atoms with E-state index in [9.17, 15) is 5.26 Å². The molecule has 46 heavy (non-hydrogen) atoms. The molecule has 2 heterocycles. The molecule has 0 atom stereocenters. The molecule has 1 aliphatic rings. The zero-order chi connectivity index (χ0) is 30.9. The Bertz CT molecular complexity index is 2240. The van der Waals surface area contributed by atoms with Crippen LogP contribution in [-0.2, 0) is 0 Å². The van der Waals surface area contributed by atoms with Crippen molar-refractivity contribution in [3.63, 3.8) is 0 Å². The van der Waals surface area contributed by atoms with E-state index in [-0.39, 0.29) is 0 Å². The highest BCUT2D eigenvalue weighted by Crippen LogP contribution is 2.49. The molecule has 7 aromatic rings. The molecule has 0 N–H and O–H groups in total. The van der Waals surface area contributed by atoms with E-state index in [1.807, 2.05) is 115 Å². The van der Waals surface area contributed by atoms with Crippen LogP contribution in [0.2, 0.25) is 0 Å². The number of fused-ring (bicyclic) bond motifs is 2. The molecule has 1 aliphatic heterocycles. The van der Waals surface area contributed by atoms with Crippen molar-refractivity contribution in [2.75, 3.05) is 0 Å². The van der Waals surface area contributed by atoms with E-state index in [1.165, 1.54) is 0 Å². The van der Waals surface area contributed by atoms with Gasteiger partial charge in [-0.15, -0.1) is 0 Å². The van der Waals surface area contributed by atoms with E-state index < -0.39 is 0 Å². The summed E-state index contributed by atoms with van der Waals surface area (Å²) in [5.74, 6) is 3.13. The van der Waals surface area contributed by atoms with Gasteiger partial charge in [-0.3, -0.25) is 0 Å². The van der Waals surface area contributed by atoms with Gasteiger partial charge in [-0.25, -0.2) is 9.97 Å². The van der Waals surface area contributed by atoms with Gasteiger partial charge < -0.3 is 9.47 Å². The maximum absolute atomic E-state index is 9.44. The molecule has 0 bridgehead atoms. The Kier molecular flexibility index (Phi) is 6.79. The van der Waals surface area contributed by atoms with Crippen LogP contribution in [-0.4, -0.2) is 9.97 Å². The van der Waals surface area contributed by atoms with Crippen LogP contribution in [0.4, 0.5) is 0 Å². The summed E-state index contributed by atoms with van der Waals surface area (Å²) in [6.07, 6.45) is 0. The van der Waals surface area contributed by atoms with Gasteiger partial charge in [0, 0.05) is 16.7 Å². The van der Waals surface area contributed by atoms with Crippen LogP contribution >= 0.6 is 0 Å². The Morgan fingerprint density at radius 1 is 0.413 bits per heavy atom. The van der Waals surface area contributed by atoms with Gasteiger partial charge in [-0.1, -0.05) is 109 Å². The summed E-state index contributed by atoms with van der Waals surface area (Å²) in [6, 6.07) is 52.1. The fraction of sp³-hybridized carbons (Fsp3) is 0. The Morgan fingerprint density at radius 2 is 0.913 bits per heavy atom. The molecule has 6 aromatic carbocycles. The van der Waals surface area contributed by atoms with Crippen LogP contribution in [0.1, 0.15) is 5.56 Å². The number of ether oxygens (including phenoxy) is 2. The quantitative estimate of drug-likeness (QED) is 0.199. The van der Waals surface area contributed by atoms with Crippen molar-refractivity contribution < 1.29 is 9.47 Å². The highest BCUT2D eigenvalue weighted by molar-refractivity contribution is 5.87. The molecule has 216 valence electrons. The maximum Gasteiger partial charge on any atom is 0.170 e. The van der Waals surface area contributed by atoms with Crippen LogP contribution in [0.15, 0.2) is 152 Å². The van der Waals surface area contributed by atoms with Crippen LogP contribution in [0, 0.1) is 11.3 Å². The summed E-state index contributed by atoms with van der Waals surface area (Å²) in [5.41, 5.74) is 8.99. The number of para-hydroxylation sites is 2. The lowest BCUT2D eigenvalue weighted by molar-refractivity contribution is 0.360. The third-order valence-corrected chi connectivity index (χ3v) is 8.02.